The van der Waals surface area contributed by atoms with E-state index in [0.29, 0.717) is 6.61 Å². The van der Waals surface area contributed by atoms with Crippen molar-refractivity contribution in [1.29, 1.82) is 0 Å². The van der Waals surface area contributed by atoms with Crippen LogP contribution in [-0.4, -0.2) is 26.3 Å². The van der Waals surface area contributed by atoms with Crippen LogP contribution in [0.1, 0.15) is 20.3 Å². The lowest BCUT2D eigenvalue weighted by Gasteiger charge is -2.23. The quantitative estimate of drug-likeness (QED) is 0.803. The smallest absolute Gasteiger partial charge is 0.122 e. The summed E-state index contributed by atoms with van der Waals surface area (Å²) in [5.74, 6) is 1.68. The van der Waals surface area contributed by atoms with Gasteiger partial charge in [-0.15, -0.1) is 0 Å². The lowest BCUT2D eigenvalue weighted by molar-refractivity contribution is 0.255. The van der Waals surface area contributed by atoms with E-state index in [2.05, 4.69) is 19.2 Å². The molecule has 0 radical (unpaired) electrons. The van der Waals surface area contributed by atoms with Crippen LogP contribution in [0.25, 0.3) is 0 Å². The fourth-order valence-corrected chi connectivity index (χ4v) is 1.24. The number of nitrogens with one attached hydrogen (secondary N) is 1. The van der Waals surface area contributed by atoms with Crippen molar-refractivity contribution in [2.24, 2.45) is 0 Å². The van der Waals surface area contributed by atoms with E-state index in [1.54, 1.807) is 7.11 Å². The van der Waals surface area contributed by atoms with Crippen molar-refractivity contribution < 1.29 is 9.47 Å². The van der Waals surface area contributed by atoms with Gasteiger partial charge in [0.25, 0.3) is 0 Å². The zero-order valence-electron chi connectivity index (χ0n) is 10.5. The molecule has 0 atom stereocenters. The van der Waals surface area contributed by atoms with Crippen LogP contribution in [0.5, 0.6) is 11.5 Å². The van der Waals surface area contributed by atoms with E-state index in [0.717, 1.165) is 17.9 Å². The number of hydrogen-bond donors (Lipinski definition) is 1. The van der Waals surface area contributed by atoms with E-state index < -0.39 is 0 Å². The van der Waals surface area contributed by atoms with Crippen LogP contribution in [0.4, 0.5) is 0 Å². The van der Waals surface area contributed by atoms with Crippen LogP contribution in [-0.2, 0) is 0 Å². The zero-order valence-corrected chi connectivity index (χ0v) is 10.5. The number of hydrogen-bond acceptors (Lipinski definition) is 3. The highest BCUT2D eigenvalue weighted by atomic mass is 16.5. The Bertz CT molecular complexity index is 323. The predicted molar refractivity (Wildman–Crippen MR) is 66.2 cm³/mol. The first-order chi connectivity index (χ1) is 7.57. The molecule has 0 aliphatic carbocycles. The van der Waals surface area contributed by atoms with Crippen LogP contribution in [0.2, 0.25) is 0 Å². The Balaban J connectivity index is 2.42. The van der Waals surface area contributed by atoms with Gasteiger partial charge in [0, 0.05) is 11.6 Å². The minimum Gasteiger partial charge on any atom is -0.497 e. The SMILES string of the molecule is CNC(C)(C)CCOc1cccc(OC)c1. The van der Waals surface area contributed by atoms with Gasteiger partial charge in [-0.2, -0.15) is 0 Å². The van der Waals surface area contributed by atoms with Gasteiger partial charge < -0.3 is 14.8 Å². The molecule has 3 nitrogen and oxygen atoms in total. The van der Waals surface area contributed by atoms with Gasteiger partial charge in [0.2, 0.25) is 0 Å². The molecule has 0 spiro atoms. The Morgan fingerprint density at radius 3 is 2.56 bits per heavy atom. The van der Waals surface area contributed by atoms with E-state index >= 15 is 0 Å². The highest BCUT2D eigenvalue weighted by molar-refractivity contribution is 5.32. The fourth-order valence-electron chi connectivity index (χ4n) is 1.24. The summed E-state index contributed by atoms with van der Waals surface area (Å²) in [6.07, 6.45) is 0.959. The number of ether oxygens (including phenoxy) is 2. The molecule has 0 aliphatic rings. The molecule has 0 aromatic heterocycles. The standard InChI is InChI=1S/C13H21NO2/c1-13(2,14-3)8-9-16-12-7-5-6-11(10-12)15-4/h5-7,10,14H,8-9H2,1-4H3. The summed E-state index contributed by atoms with van der Waals surface area (Å²) in [4.78, 5) is 0. The third-order valence-corrected chi connectivity index (χ3v) is 2.71. The summed E-state index contributed by atoms with van der Waals surface area (Å²) in [5.41, 5.74) is 0.110. The number of rotatable bonds is 6. The van der Waals surface area contributed by atoms with Gasteiger partial charge in [-0.1, -0.05) is 6.07 Å². The van der Waals surface area contributed by atoms with Crippen molar-refractivity contribution in [2.75, 3.05) is 20.8 Å². The Morgan fingerprint density at radius 2 is 1.94 bits per heavy atom. The molecule has 0 amide bonds. The Kier molecular flexibility index (Phi) is 4.62. The molecule has 90 valence electrons. The average molecular weight is 223 g/mol. The van der Waals surface area contributed by atoms with Crippen LogP contribution < -0.4 is 14.8 Å². The minimum absolute atomic E-state index is 0.110. The van der Waals surface area contributed by atoms with Crippen LogP contribution in [0.3, 0.4) is 0 Å². The molecular formula is C13H21NO2. The van der Waals surface area contributed by atoms with Gasteiger partial charge >= 0.3 is 0 Å². The van der Waals surface area contributed by atoms with Gasteiger partial charge in [-0.05, 0) is 39.4 Å². The zero-order chi connectivity index (χ0) is 12.0. The molecule has 0 unspecified atom stereocenters. The van der Waals surface area contributed by atoms with E-state index in [9.17, 15) is 0 Å². The largest absolute Gasteiger partial charge is 0.497 e. The maximum Gasteiger partial charge on any atom is 0.122 e. The second-order valence-corrected chi connectivity index (χ2v) is 4.41. The van der Waals surface area contributed by atoms with Gasteiger partial charge in [0.05, 0.1) is 13.7 Å². The Hall–Kier alpha value is -1.22. The predicted octanol–water partition coefficient (Wildman–Crippen LogP) is 2.46. The first-order valence-electron chi connectivity index (χ1n) is 5.53. The molecule has 1 N–H and O–H groups in total. The summed E-state index contributed by atoms with van der Waals surface area (Å²) in [5, 5.41) is 3.25. The first-order valence-corrected chi connectivity index (χ1v) is 5.53. The lowest BCUT2D eigenvalue weighted by Crippen LogP contribution is -2.37. The monoisotopic (exact) mass is 223 g/mol. The molecule has 1 rings (SSSR count). The van der Waals surface area contributed by atoms with Crippen molar-refractivity contribution in [2.45, 2.75) is 25.8 Å². The van der Waals surface area contributed by atoms with Crippen molar-refractivity contribution in [3.8, 4) is 11.5 Å². The van der Waals surface area contributed by atoms with Crippen LogP contribution in [0, 0.1) is 0 Å². The molecule has 1 aromatic rings. The molecule has 0 fully saturated rings. The van der Waals surface area contributed by atoms with Gasteiger partial charge in [-0.3, -0.25) is 0 Å². The molecular weight excluding hydrogens is 202 g/mol. The molecule has 0 heterocycles. The van der Waals surface area contributed by atoms with Gasteiger partial charge in [-0.25, -0.2) is 0 Å². The van der Waals surface area contributed by atoms with Crippen LogP contribution in [0.15, 0.2) is 24.3 Å². The summed E-state index contributed by atoms with van der Waals surface area (Å²) < 4.78 is 10.8. The molecule has 3 heteroatoms. The van der Waals surface area contributed by atoms with Crippen LogP contribution >= 0.6 is 0 Å². The molecule has 1 aromatic carbocycles. The molecule has 0 bridgehead atoms. The minimum atomic E-state index is 0.110. The average Bonchev–Trinajstić information content (AvgIpc) is 2.29. The van der Waals surface area contributed by atoms with E-state index in [1.165, 1.54) is 0 Å². The molecule has 16 heavy (non-hydrogen) atoms. The summed E-state index contributed by atoms with van der Waals surface area (Å²) in [7, 11) is 3.62. The Morgan fingerprint density at radius 1 is 1.25 bits per heavy atom. The highest BCUT2D eigenvalue weighted by Crippen LogP contribution is 2.19. The maximum atomic E-state index is 5.67. The second-order valence-electron chi connectivity index (χ2n) is 4.41. The topological polar surface area (TPSA) is 30.5 Å². The third-order valence-electron chi connectivity index (χ3n) is 2.71. The summed E-state index contributed by atoms with van der Waals surface area (Å²) >= 11 is 0. The van der Waals surface area contributed by atoms with Gasteiger partial charge in [0.1, 0.15) is 11.5 Å². The fraction of sp³-hybridized carbons (Fsp3) is 0.538. The number of benzene rings is 1. The summed E-state index contributed by atoms with van der Waals surface area (Å²) in [6, 6.07) is 7.67. The molecule has 0 aliphatic heterocycles. The maximum absolute atomic E-state index is 5.67. The van der Waals surface area contributed by atoms with E-state index in [1.807, 2.05) is 31.3 Å². The normalized spacial score (nSPS) is 11.2. The van der Waals surface area contributed by atoms with Gasteiger partial charge in [0.15, 0.2) is 0 Å². The third kappa shape index (κ3) is 4.11. The van der Waals surface area contributed by atoms with Crippen molar-refractivity contribution >= 4 is 0 Å². The van der Waals surface area contributed by atoms with Crippen molar-refractivity contribution in [3.05, 3.63) is 24.3 Å². The Labute approximate surface area is 97.8 Å². The van der Waals surface area contributed by atoms with E-state index in [-0.39, 0.29) is 5.54 Å². The van der Waals surface area contributed by atoms with Crippen molar-refractivity contribution in [1.82, 2.24) is 5.32 Å². The lowest BCUT2D eigenvalue weighted by atomic mass is 10.0. The molecule has 0 saturated heterocycles. The second kappa shape index (κ2) is 5.75. The van der Waals surface area contributed by atoms with E-state index in [4.69, 9.17) is 9.47 Å². The number of methoxy groups -OCH3 is 1. The highest BCUT2D eigenvalue weighted by Gasteiger charge is 2.14. The van der Waals surface area contributed by atoms with Crippen molar-refractivity contribution in [3.63, 3.8) is 0 Å². The first kappa shape index (κ1) is 12.8. The summed E-state index contributed by atoms with van der Waals surface area (Å²) in [6.45, 7) is 5.00. The molecule has 0 saturated carbocycles.